The van der Waals surface area contributed by atoms with E-state index >= 15 is 0 Å². The Bertz CT molecular complexity index is 836. The lowest BCUT2D eigenvalue weighted by atomic mass is 9.98. The van der Waals surface area contributed by atoms with E-state index < -0.39 is 5.97 Å². The molecule has 0 aliphatic heterocycles. The van der Waals surface area contributed by atoms with Crippen LogP contribution in [0.3, 0.4) is 0 Å². The Kier molecular flexibility index (Phi) is 3.51. The summed E-state index contributed by atoms with van der Waals surface area (Å²) in [6.45, 7) is 3.72. The number of nitrogens with zero attached hydrogens (tertiary/aromatic N) is 2. The Morgan fingerprint density at radius 2 is 1.82 bits per heavy atom. The molecule has 0 aliphatic carbocycles. The van der Waals surface area contributed by atoms with Crippen LogP contribution in [0.4, 0.5) is 0 Å². The summed E-state index contributed by atoms with van der Waals surface area (Å²) in [5, 5.41) is 9.50. The van der Waals surface area contributed by atoms with Crippen molar-refractivity contribution in [3.63, 3.8) is 0 Å². The summed E-state index contributed by atoms with van der Waals surface area (Å²) in [5.41, 5.74) is 3.75. The van der Waals surface area contributed by atoms with Crippen molar-refractivity contribution in [1.82, 2.24) is 9.55 Å². The third kappa shape index (κ3) is 2.39. The van der Waals surface area contributed by atoms with Gasteiger partial charge in [-0.1, -0.05) is 30.3 Å². The molecule has 0 atom stereocenters. The molecule has 1 aromatic heterocycles. The number of hydrogen-bond donors (Lipinski definition) is 1. The second-order valence-corrected chi connectivity index (χ2v) is 5.18. The predicted molar refractivity (Wildman–Crippen MR) is 85.4 cm³/mol. The van der Waals surface area contributed by atoms with Crippen molar-refractivity contribution in [2.75, 3.05) is 0 Å². The minimum Gasteiger partial charge on any atom is -0.478 e. The van der Waals surface area contributed by atoms with E-state index in [0.717, 1.165) is 28.2 Å². The summed E-state index contributed by atoms with van der Waals surface area (Å²) in [4.78, 5) is 15.8. The molecule has 0 aliphatic rings. The van der Waals surface area contributed by atoms with Crippen molar-refractivity contribution in [3.8, 4) is 16.8 Å². The average molecular weight is 292 g/mol. The van der Waals surface area contributed by atoms with Crippen LogP contribution in [0.2, 0.25) is 0 Å². The zero-order chi connectivity index (χ0) is 15.7. The fraction of sp³-hybridized carbons (Fsp3) is 0.111. The van der Waals surface area contributed by atoms with Gasteiger partial charge in [-0.3, -0.25) is 0 Å². The highest BCUT2D eigenvalue weighted by atomic mass is 16.4. The second kappa shape index (κ2) is 5.48. The topological polar surface area (TPSA) is 55.1 Å². The molecule has 1 N–H and O–H groups in total. The van der Waals surface area contributed by atoms with Crippen LogP contribution in [0, 0.1) is 13.8 Å². The van der Waals surface area contributed by atoms with Crippen molar-refractivity contribution in [1.29, 1.82) is 0 Å². The minimum absolute atomic E-state index is 0.310. The molecule has 0 bridgehead atoms. The molecule has 2 aromatic carbocycles. The number of carbonyl (C=O) groups is 1. The summed E-state index contributed by atoms with van der Waals surface area (Å²) in [5.74, 6) is -0.0982. The first-order valence-electron chi connectivity index (χ1n) is 7.01. The highest BCUT2D eigenvalue weighted by Gasteiger charge is 2.15. The van der Waals surface area contributed by atoms with Crippen LogP contribution in [0.25, 0.3) is 16.8 Å². The molecule has 3 aromatic rings. The van der Waals surface area contributed by atoms with Gasteiger partial charge in [0.05, 0.1) is 11.3 Å². The quantitative estimate of drug-likeness (QED) is 0.797. The standard InChI is InChI=1S/C18H16N2O2/c1-12-16(18(21)22)10-15(14-6-4-3-5-7-14)11-17(12)20-9-8-19-13(20)2/h3-11H,1-2H3,(H,21,22). The lowest BCUT2D eigenvalue weighted by Crippen LogP contribution is -2.06. The van der Waals surface area contributed by atoms with E-state index in [-0.39, 0.29) is 0 Å². The number of aryl methyl sites for hydroxylation is 1. The van der Waals surface area contributed by atoms with Crippen LogP contribution in [0.1, 0.15) is 21.7 Å². The molecule has 110 valence electrons. The molecule has 4 heteroatoms. The van der Waals surface area contributed by atoms with Crippen molar-refractivity contribution in [2.45, 2.75) is 13.8 Å². The minimum atomic E-state index is -0.922. The van der Waals surface area contributed by atoms with Crippen LogP contribution in [-0.4, -0.2) is 20.6 Å². The first-order chi connectivity index (χ1) is 10.6. The van der Waals surface area contributed by atoms with Gasteiger partial charge in [0.15, 0.2) is 0 Å². The third-order valence-corrected chi connectivity index (χ3v) is 3.80. The van der Waals surface area contributed by atoms with Gasteiger partial charge in [0.25, 0.3) is 0 Å². The number of imidazole rings is 1. The normalized spacial score (nSPS) is 10.6. The molecular weight excluding hydrogens is 276 g/mol. The number of benzene rings is 2. The fourth-order valence-corrected chi connectivity index (χ4v) is 2.60. The molecule has 0 saturated carbocycles. The Morgan fingerprint density at radius 3 is 2.41 bits per heavy atom. The molecule has 1 heterocycles. The number of aromatic nitrogens is 2. The van der Waals surface area contributed by atoms with Crippen LogP contribution in [0.5, 0.6) is 0 Å². The van der Waals surface area contributed by atoms with Gasteiger partial charge in [-0.2, -0.15) is 0 Å². The fourth-order valence-electron chi connectivity index (χ4n) is 2.60. The summed E-state index contributed by atoms with van der Waals surface area (Å²) in [6.07, 6.45) is 3.56. The number of rotatable bonds is 3. The SMILES string of the molecule is Cc1c(C(=O)O)cc(-c2ccccc2)cc1-n1ccnc1C. The molecule has 22 heavy (non-hydrogen) atoms. The molecule has 0 fully saturated rings. The number of hydrogen-bond acceptors (Lipinski definition) is 2. The zero-order valence-corrected chi connectivity index (χ0v) is 12.4. The smallest absolute Gasteiger partial charge is 0.336 e. The maximum absolute atomic E-state index is 11.6. The largest absolute Gasteiger partial charge is 0.478 e. The first kappa shape index (κ1) is 14.1. The molecule has 0 amide bonds. The maximum Gasteiger partial charge on any atom is 0.336 e. The van der Waals surface area contributed by atoms with Crippen molar-refractivity contribution in [3.05, 3.63) is 71.8 Å². The highest BCUT2D eigenvalue weighted by Crippen LogP contribution is 2.28. The molecular formula is C18H16N2O2. The Balaban J connectivity index is 2.28. The van der Waals surface area contributed by atoms with Crippen molar-refractivity contribution < 1.29 is 9.90 Å². The van der Waals surface area contributed by atoms with Gasteiger partial charge >= 0.3 is 5.97 Å². The van der Waals surface area contributed by atoms with E-state index in [1.54, 1.807) is 12.3 Å². The Morgan fingerprint density at radius 1 is 1.09 bits per heavy atom. The molecule has 0 saturated heterocycles. The van der Waals surface area contributed by atoms with Crippen LogP contribution >= 0.6 is 0 Å². The molecule has 0 spiro atoms. The second-order valence-electron chi connectivity index (χ2n) is 5.18. The third-order valence-electron chi connectivity index (χ3n) is 3.80. The van der Waals surface area contributed by atoms with Crippen molar-refractivity contribution >= 4 is 5.97 Å². The predicted octanol–water partition coefficient (Wildman–Crippen LogP) is 3.85. The average Bonchev–Trinajstić information content (AvgIpc) is 2.94. The van der Waals surface area contributed by atoms with E-state index in [4.69, 9.17) is 0 Å². The van der Waals surface area contributed by atoms with Crippen LogP contribution in [0.15, 0.2) is 54.9 Å². The van der Waals surface area contributed by atoms with E-state index in [1.165, 1.54) is 0 Å². The van der Waals surface area contributed by atoms with Gasteiger partial charge in [0.2, 0.25) is 0 Å². The number of aromatic carboxylic acids is 1. The lowest BCUT2D eigenvalue weighted by molar-refractivity contribution is 0.0696. The van der Waals surface area contributed by atoms with E-state index in [9.17, 15) is 9.90 Å². The molecule has 0 unspecified atom stereocenters. The highest BCUT2D eigenvalue weighted by molar-refractivity contribution is 5.92. The Hall–Kier alpha value is -2.88. The van der Waals surface area contributed by atoms with E-state index in [0.29, 0.717) is 5.56 Å². The van der Waals surface area contributed by atoms with Gasteiger partial charge in [-0.05, 0) is 42.7 Å². The van der Waals surface area contributed by atoms with Gasteiger partial charge in [0.1, 0.15) is 5.82 Å². The first-order valence-corrected chi connectivity index (χ1v) is 7.01. The molecule has 3 rings (SSSR count). The van der Waals surface area contributed by atoms with Crippen LogP contribution < -0.4 is 0 Å². The number of carboxylic acids is 1. The molecule has 4 nitrogen and oxygen atoms in total. The summed E-state index contributed by atoms with van der Waals surface area (Å²) < 4.78 is 1.91. The molecule has 0 radical (unpaired) electrons. The van der Waals surface area contributed by atoms with Gasteiger partial charge in [0, 0.05) is 12.4 Å². The van der Waals surface area contributed by atoms with Crippen molar-refractivity contribution in [2.24, 2.45) is 0 Å². The summed E-state index contributed by atoms with van der Waals surface area (Å²) in [7, 11) is 0. The van der Waals surface area contributed by atoms with E-state index in [1.807, 2.05) is 61.0 Å². The Labute approximate surface area is 128 Å². The summed E-state index contributed by atoms with van der Waals surface area (Å²) >= 11 is 0. The van der Waals surface area contributed by atoms with E-state index in [2.05, 4.69) is 4.98 Å². The summed E-state index contributed by atoms with van der Waals surface area (Å²) in [6, 6.07) is 13.5. The van der Waals surface area contributed by atoms with Gasteiger partial charge in [-0.25, -0.2) is 9.78 Å². The maximum atomic E-state index is 11.6. The zero-order valence-electron chi connectivity index (χ0n) is 12.4. The monoisotopic (exact) mass is 292 g/mol. The van der Waals surface area contributed by atoms with Gasteiger partial charge in [-0.15, -0.1) is 0 Å². The van der Waals surface area contributed by atoms with Crippen LogP contribution in [-0.2, 0) is 0 Å². The lowest BCUT2D eigenvalue weighted by Gasteiger charge is -2.14. The van der Waals surface area contributed by atoms with Gasteiger partial charge < -0.3 is 9.67 Å². The number of carboxylic acid groups (broad SMARTS) is 1.